The lowest BCUT2D eigenvalue weighted by molar-refractivity contribution is -0.118. The molecule has 4 aromatic heterocycles. The third-order valence-electron chi connectivity index (χ3n) is 6.50. The van der Waals surface area contributed by atoms with E-state index in [4.69, 9.17) is 10.1 Å². The van der Waals surface area contributed by atoms with Gasteiger partial charge in [-0.1, -0.05) is 38.1 Å². The van der Waals surface area contributed by atoms with Gasteiger partial charge in [0.25, 0.3) is 0 Å². The Hall–Kier alpha value is -4.92. The van der Waals surface area contributed by atoms with Crippen LogP contribution in [0.3, 0.4) is 0 Å². The Labute approximate surface area is 217 Å². The Kier molecular flexibility index (Phi) is 5.68. The summed E-state index contributed by atoms with van der Waals surface area (Å²) in [5.74, 6) is 0.0260. The van der Waals surface area contributed by atoms with E-state index in [2.05, 4.69) is 20.3 Å². The first-order valence-corrected chi connectivity index (χ1v) is 12.2. The molecule has 2 N–H and O–H groups in total. The highest BCUT2D eigenvalue weighted by molar-refractivity contribution is 5.98. The zero-order chi connectivity index (χ0) is 26.4. The van der Waals surface area contributed by atoms with Crippen molar-refractivity contribution < 1.29 is 9.18 Å². The highest BCUT2D eigenvalue weighted by Crippen LogP contribution is 2.34. The van der Waals surface area contributed by atoms with Crippen LogP contribution in [0.1, 0.15) is 13.8 Å². The standard InChI is InChI=1S/C29H24FN7O/c1-16(2)29(38)33-19-10-18(12-31-13-19)17-8-9-25-21(11-17)27(36-37(25)3)28-34-24-15-32-14-22(26(24)35-28)20-6-4-5-7-23(20)30/h4-16H,1-3H3,(H,33,38)(H,34,35). The first-order chi connectivity index (χ1) is 18.4. The van der Waals surface area contributed by atoms with Crippen molar-refractivity contribution in [1.29, 1.82) is 0 Å². The van der Waals surface area contributed by atoms with Crippen molar-refractivity contribution in [1.82, 2.24) is 29.7 Å². The Morgan fingerprint density at radius 3 is 2.61 bits per heavy atom. The van der Waals surface area contributed by atoms with E-state index in [0.717, 1.165) is 22.0 Å². The Morgan fingerprint density at radius 1 is 0.974 bits per heavy atom. The van der Waals surface area contributed by atoms with Crippen molar-refractivity contribution in [3.8, 4) is 33.8 Å². The highest BCUT2D eigenvalue weighted by atomic mass is 19.1. The normalized spacial score (nSPS) is 11.5. The minimum absolute atomic E-state index is 0.0666. The number of aromatic amines is 1. The molecular formula is C29H24FN7O. The van der Waals surface area contributed by atoms with Crippen LogP contribution >= 0.6 is 0 Å². The molecule has 0 spiro atoms. The van der Waals surface area contributed by atoms with Crippen LogP contribution in [0.2, 0.25) is 0 Å². The van der Waals surface area contributed by atoms with Gasteiger partial charge in [-0.2, -0.15) is 5.10 Å². The second kappa shape index (κ2) is 9.19. The van der Waals surface area contributed by atoms with E-state index >= 15 is 0 Å². The number of nitrogens with zero attached hydrogens (tertiary/aromatic N) is 5. The molecule has 0 saturated heterocycles. The van der Waals surface area contributed by atoms with Gasteiger partial charge in [-0.25, -0.2) is 9.37 Å². The summed E-state index contributed by atoms with van der Waals surface area (Å²) in [6.07, 6.45) is 6.69. The Balaban J connectivity index is 1.45. The molecule has 0 unspecified atom stereocenters. The molecular weight excluding hydrogens is 481 g/mol. The van der Waals surface area contributed by atoms with Crippen molar-refractivity contribution in [3.05, 3.63) is 79.1 Å². The molecule has 188 valence electrons. The second-order valence-corrected chi connectivity index (χ2v) is 9.46. The van der Waals surface area contributed by atoms with Crippen LogP contribution in [0.5, 0.6) is 0 Å². The SMILES string of the molecule is CC(C)C(=O)Nc1cncc(-c2ccc3c(c2)c(-c2nc4c(-c5ccccc5F)cncc4[nH]2)nn3C)c1. The maximum atomic E-state index is 14.6. The molecule has 0 aliphatic carbocycles. The summed E-state index contributed by atoms with van der Waals surface area (Å²) in [6, 6.07) is 14.5. The number of fused-ring (bicyclic) bond motifs is 2. The van der Waals surface area contributed by atoms with Gasteiger partial charge in [0.2, 0.25) is 5.91 Å². The number of aryl methyl sites for hydroxylation is 1. The number of anilines is 1. The average molecular weight is 506 g/mol. The molecule has 0 aliphatic rings. The van der Waals surface area contributed by atoms with Crippen molar-refractivity contribution in [2.45, 2.75) is 13.8 Å². The van der Waals surface area contributed by atoms with Gasteiger partial charge in [-0.15, -0.1) is 0 Å². The molecule has 0 aliphatic heterocycles. The number of aromatic nitrogens is 6. The summed E-state index contributed by atoms with van der Waals surface area (Å²) >= 11 is 0. The maximum absolute atomic E-state index is 14.6. The molecule has 6 rings (SSSR count). The van der Waals surface area contributed by atoms with E-state index in [1.165, 1.54) is 6.07 Å². The van der Waals surface area contributed by atoms with Crippen LogP contribution in [0.15, 0.2) is 73.3 Å². The minimum atomic E-state index is -0.334. The third-order valence-corrected chi connectivity index (χ3v) is 6.50. The van der Waals surface area contributed by atoms with Crippen LogP contribution in [-0.2, 0) is 11.8 Å². The number of amides is 1. The van der Waals surface area contributed by atoms with Gasteiger partial charge >= 0.3 is 0 Å². The van der Waals surface area contributed by atoms with E-state index in [-0.39, 0.29) is 17.6 Å². The van der Waals surface area contributed by atoms with E-state index in [0.29, 0.717) is 39.4 Å². The lowest BCUT2D eigenvalue weighted by Crippen LogP contribution is -2.17. The number of carbonyl (C=O) groups is 1. The quantitative estimate of drug-likeness (QED) is 0.300. The molecule has 0 fully saturated rings. The predicted molar refractivity (Wildman–Crippen MR) is 146 cm³/mol. The number of hydrogen-bond acceptors (Lipinski definition) is 5. The molecule has 0 radical (unpaired) electrons. The largest absolute Gasteiger partial charge is 0.335 e. The summed E-state index contributed by atoms with van der Waals surface area (Å²) in [6.45, 7) is 3.69. The van der Waals surface area contributed by atoms with E-state index in [1.54, 1.807) is 47.7 Å². The molecule has 0 atom stereocenters. The smallest absolute Gasteiger partial charge is 0.226 e. The van der Waals surface area contributed by atoms with E-state index in [9.17, 15) is 9.18 Å². The second-order valence-electron chi connectivity index (χ2n) is 9.46. The van der Waals surface area contributed by atoms with Crippen molar-refractivity contribution in [2.75, 3.05) is 5.32 Å². The van der Waals surface area contributed by atoms with Gasteiger partial charge in [-0.05, 0) is 29.8 Å². The van der Waals surface area contributed by atoms with Crippen LogP contribution in [0, 0.1) is 11.7 Å². The molecule has 8 nitrogen and oxygen atoms in total. The molecule has 9 heteroatoms. The number of imidazole rings is 1. The summed E-state index contributed by atoms with van der Waals surface area (Å²) in [5.41, 5.74) is 6.36. The van der Waals surface area contributed by atoms with Crippen molar-refractivity contribution in [3.63, 3.8) is 0 Å². The first kappa shape index (κ1) is 23.5. The Morgan fingerprint density at radius 2 is 1.79 bits per heavy atom. The fourth-order valence-electron chi connectivity index (χ4n) is 4.49. The number of benzene rings is 2. The maximum Gasteiger partial charge on any atom is 0.226 e. The summed E-state index contributed by atoms with van der Waals surface area (Å²) in [7, 11) is 1.88. The number of rotatable bonds is 5. The van der Waals surface area contributed by atoms with Gasteiger partial charge in [0, 0.05) is 47.4 Å². The Bertz CT molecular complexity index is 1840. The average Bonchev–Trinajstić information content (AvgIpc) is 3.50. The van der Waals surface area contributed by atoms with Gasteiger partial charge < -0.3 is 10.3 Å². The van der Waals surface area contributed by atoms with Crippen LogP contribution in [0.25, 0.3) is 55.7 Å². The molecule has 4 heterocycles. The summed E-state index contributed by atoms with van der Waals surface area (Å²) < 4.78 is 16.4. The summed E-state index contributed by atoms with van der Waals surface area (Å²) in [5, 5.41) is 8.53. The van der Waals surface area contributed by atoms with Gasteiger partial charge in [-0.3, -0.25) is 19.4 Å². The number of H-pyrrole nitrogens is 1. The predicted octanol–water partition coefficient (Wildman–Crippen LogP) is 5.97. The lowest BCUT2D eigenvalue weighted by atomic mass is 10.0. The van der Waals surface area contributed by atoms with Crippen molar-refractivity contribution >= 4 is 33.5 Å². The number of hydrogen-bond donors (Lipinski definition) is 2. The zero-order valence-electron chi connectivity index (χ0n) is 21.0. The number of pyridine rings is 2. The molecule has 0 bridgehead atoms. The molecule has 6 aromatic rings. The number of halogens is 1. The third kappa shape index (κ3) is 4.07. The fourth-order valence-corrected chi connectivity index (χ4v) is 4.49. The van der Waals surface area contributed by atoms with Crippen LogP contribution in [-0.4, -0.2) is 35.6 Å². The fraction of sp³-hybridized carbons (Fsp3) is 0.138. The van der Waals surface area contributed by atoms with Gasteiger partial charge in [0.05, 0.1) is 29.1 Å². The molecule has 38 heavy (non-hydrogen) atoms. The lowest BCUT2D eigenvalue weighted by Gasteiger charge is -2.09. The molecule has 0 saturated carbocycles. The van der Waals surface area contributed by atoms with Crippen molar-refractivity contribution in [2.24, 2.45) is 13.0 Å². The van der Waals surface area contributed by atoms with Gasteiger partial charge in [0.15, 0.2) is 5.82 Å². The number of carbonyl (C=O) groups excluding carboxylic acids is 1. The van der Waals surface area contributed by atoms with E-state index in [1.807, 2.05) is 45.2 Å². The van der Waals surface area contributed by atoms with Crippen LogP contribution < -0.4 is 5.32 Å². The van der Waals surface area contributed by atoms with Gasteiger partial charge in [0.1, 0.15) is 17.0 Å². The van der Waals surface area contributed by atoms with Crippen LogP contribution in [0.4, 0.5) is 10.1 Å². The highest BCUT2D eigenvalue weighted by Gasteiger charge is 2.18. The molecule has 2 aromatic carbocycles. The minimum Gasteiger partial charge on any atom is -0.335 e. The number of nitrogens with one attached hydrogen (secondary N) is 2. The van der Waals surface area contributed by atoms with E-state index < -0.39 is 0 Å². The summed E-state index contributed by atoms with van der Waals surface area (Å²) in [4.78, 5) is 28.9. The molecule has 1 amide bonds. The zero-order valence-corrected chi connectivity index (χ0v) is 21.0. The monoisotopic (exact) mass is 505 g/mol. The first-order valence-electron chi connectivity index (χ1n) is 12.2. The topological polar surface area (TPSA) is 101 Å².